The first-order chi connectivity index (χ1) is 21.8. The molecule has 0 radical (unpaired) electrons. The van der Waals surface area contributed by atoms with Gasteiger partial charge in [0.2, 0.25) is 5.91 Å². The minimum absolute atomic E-state index is 0.125. The molecule has 2 fully saturated rings. The summed E-state index contributed by atoms with van der Waals surface area (Å²) in [6.45, 7) is 2.85. The SMILES string of the molecule is COc1cc2ccc1O[C@H]1CN(C(=O)CN3CCOC3=O)C[C@@H]1NC(=O)c1ccc(C)c(c1)-c1cccc(c1)OCC(=O)NC2. The van der Waals surface area contributed by atoms with Gasteiger partial charge in [-0.15, -0.1) is 0 Å². The predicted molar refractivity (Wildman–Crippen MR) is 162 cm³/mol. The summed E-state index contributed by atoms with van der Waals surface area (Å²) >= 11 is 0. The van der Waals surface area contributed by atoms with Crippen molar-refractivity contribution in [1.82, 2.24) is 20.4 Å². The Hall–Kier alpha value is -5.26. The lowest BCUT2D eigenvalue weighted by Crippen LogP contribution is -2.45. The van der Waals surface area contributed by atoms with Gasteiger partial charge in [0.1, 0.15) is 25.0 Å². The summed E-state index contributed by atoms with van der Waals surface area (Å²) in [4.78, 5) is 54.4. The maximum atomic E-state index is 13.7. The van der Waals surface area contributed by atoms with E-state index in [1.165, 1.54) is 12.0 Å². The molecule has 45 heavy (non-hydrogen) atoms. The maximum absolute atomic E-state index is 13.7. The van der Waals surface area contributed by atoms with Gasteiger partial charge in [-0.3, -0.25) is 19.3 Å². The van der Waals surface area contributed by atoms with E-state index in [-0.39, 0.29) is 57.1 Å². The van der Waals surface area contributed by atoms with E-state index in [4.69, 9.17) is 18.9 Å². The number of hydrogen-bond donors (Lipinski definition) is 2. The van der Waals surface area contributed by atoms with Gasteiger partial charge in [-0.1, -0.05) is 24.3 Å². The van der Waals surface area contributed by atoms with Crippen LogP contribution in [0, 0.1) is 6.92 Å². The van der Waals surface area contributed by atoms with Gasteiger partial charge in [-0.05, 0) is 65.6 Å². The molecule has 234 valence electrons. The number of methoxy groups -OCH3 is 1. The number of nitrogens with one attached hydrogen (secondary N) is 2. The fourth-order valence-electron chi connectivity index (χ4n) is 5.63. The summed E-state index contributed by atoms with van der Waals surface area (Å²) in [7, 11) is 1.51. The van der Waals surface area contributed by atoms with E-state index in [0.29, 0.717) is 29.4 Å². The van der Waals surface area contributed by atoms with Gasteiger partial charge < -0.3 is 34.5 Å². The van der Waals surface area contributed by atoms with Gasteiger partial charge in [0.05, 0.1) is 26.2 Å². The van der Waals surface area contributed by atoms with Crippen molar-refractivity contribution < 1.29 is 38.1 Å². The highest BCUT2D eigenvalue weighted by Crippen LogP contribution is 2.32. The molecule has 4 amide bonds. The molecule has 2 atom stereocenters. The highest BCUT2D eigenvalue weighted by atomic mass is 16.6. The van der Waals surface area contributed by atoms with E-state index in [1.807, 2.05) is 37.3 Å². The number of fused-ring (bicyclic) bond motifs is 7. The van der Waals surface area contributed by atoms with Crippen LogP contribution >= 0.6 is 0 Å². The summed E-state index contributed by atoms with van der Waals surface area (Å²) in [5.41, 5.74) is 3.84. The number of ether oxygens (including phenoxy) is 4. The Morgan fingerprint density at radius 3 is 2.67 bits per heavy atom. The Labute approximate surface area is 260 Å². The Kier molecular flexibility index (Phi) is 8.45. The molecule has 2 N–H and O–H groups in total. The zero-order chi connectivity index (χ0) is 31.5. The normalized spacial score (nSPS) is 19.9. The molecule has 0 aliphatic carbocycles. The summed E-state index contributed by atoms with van der Waals surface area (Å²) < 4.78 is 22.7. The molecule has 0 unspecified atom stereocenters. The molecule has 3 aromatic carbocycles. The fourth-order valence-corrected chi connectivity index (χ4v) is 5.63. The van der Waals surface area contributed by atoms with Crippen molar-refractivity contribution in [1.29, 1.82) is 0 Å². The molecule has 7 rings (SSSR count). The third-order valence-corrected chi connectivity index (χ3v) is 8.12. The quantitative estimate of drug-likeness (QED) is 0.460. The van der Waals surface area contributed by atoms with Gasteiger partial charge in [0.15, 0.2) is 18.1 Å². The lowest BCUT2D eigenvalue weighted by Gasteiger charge is -2.23. The molecule has 4 heterocycles. The van der Waals surface area contributed by atoms with Crippen LogP contribution in [0.25, 0.3) is 11.1 Å². The highest BCUT2D eigenvalue weighted by molar-refractivity contribution is 5.96. The molecule has 2 saturated heterocycles. The Morgan fingerprint density at radius 1 is 1.00 bits per heavy atom. The fraction of sp³-hybridized carbons (Fsp3) is 0.333. The zero-order valence-electron chi connectivity index (χ0n) is 25.0. The number of amides is 4. The topological polar surface area (TPSA) is 136 Å². The first-order valence-electron chi connectivity index (χ1n) is 14.7. The molecule has 12 heteroatoms. The van der Waals surface area contributed by atoms with Crippen LogP contribution in [0.4, 0.5) is 4.79 Å². The van der Waals surface area contributed by atoms with Crippen LogP contribution in [0.2, 0.25) is 0 Å². The van der Waals surface area contributed by atoms with Gasteiger partial charge in [-0.2, -0.15) is 0 Å². The summed E-state index contributed by atoms with van der Waals surface area (Å²) in [6, 6.07) is 17.5. The van der Waals surface area contributed by atoms with Crippen molar-refractivity contribution >= 4 is 23.8 Å². The minimum Gasteiger partial charge on any atom is -0.493 e. The van der Waals surface area contributed by atoms with Gasteiger partial charge in [0, 0.05) is 18.7 Å². The average molecular weight is 615 g/mol. The van der Waals surface area contributed by atoms with Crippen LogP contribution < -0.4 is 24.8 Å². The minimum atomic E-state index is -0.618. The van der Waals surface area contributed by atoms with E-state index in [2.05, 4.69) is 10.6 Å². The number of benzene rings is 3. The third kappa shape index (κ3) is 6.64. The summed E-state index contributed by atoms with van der Waals surface area (Å²) in [5, 5.41) is 5.94. The number of likely N-dealkylation sites (tertiary alicyclic amines) is 1. The molecule has 0 aromatic heterocycles. The largest absolute Gasteiger partial charge is 0.493 e. The van der Waals surface area contributed by atoms with E-state index in [1.54, 1.807) is 35.2 Å². The number of aryl methyl sites for hydroxylation is 1. The second kappa shape index (κ2) is 12.8. The van der Waals surface area contributed by atoms with Gasteiger partial charge in [0.25, 0.3) is 11.8 Å². The first kappa shape index (κ1) is 29.8. The first-order valence-corrected chi connectivity index (χ1v) is 14.7. The van der Waals surface area contributed by atoms with Crippen molar-refractivity contribution in [2.75, 3.05) is 46.5 Å². The number of carbonyl (C=O) groups is 4. The van der Waals surface area contributed by atoms with E-state index >= 15 is 0 Å². The molecule has 4 aliphatic heterocycles. The Morgan fingerprint density at radius 2 is 1.87 bits per heavy atom. The molecule has 3 aromatic rings. The monoisotopic (exact) mass is 614 g/mol. The number of hydrogen-bond acceptors (Lipinski definition) is 8. The lowest BCUT2D eigenvalue weighted by molar-refractivity contribution is -0.131. The van der Waals surface area contributed by atoms with E-state index < -0.39 is 18.2 Å². The van der Waals surface area contributed by atoms with Gasteiger partial charge in [-0.25, -0.2) is 4.79 Å². The number of carbonyl (C=O) groups excluding carboxylic acids is 4. The van der Waals surface area contributed by atoms with Crippen LogP contribution in [0.15, 0.2) is 60.7 Å². The molecular weight excluding hydrogens is 580 g/mol. The number of rotatable bonds is 3. The predicted octanol–water partition coefficient (Wildman–Crippen LogP) is 2.52. The van der Waals surface area contributed by atoms with Crippen molar-refractivity contribution in [2.24, 2.45) is 0 Å². The zero-order valence-corrected chi connectivity index (χ0v) is 25.0. The van der Waals surface area contributed by atoms with Gasteiger partial charge >= 0.3 is 6.09 Å². The van der Waals surface area contributed by atoms with Crippen LogP contribution in [-0.2, 0) is 20.9 Å². The summed E-state index contributed by atoms with van der Waals surface area (Å²) in [5.74, 6) is 0.487. The maximum Gasteiger partial charge on any atom is 0.410 e. The van der Waals surface area contributed by atoms with Crippen LogP contribution in [0.5, 0.6) is 17.2 Å². The molecule has 6 bridgehead atoms. The van der Waals surface area contributed by atoms with Crippen LogP contribution in [0.1, 0.15) is 21.5 Å². The lowest BCUT2D eigenvalue weighted by atomic mass is 9.97. The van der Waals surface area contributed by atoms with E-state index in [9.17, 15) is 19.2 Å². The third-order valence-electron chi connectivity index (χ3n) is 8.12. The molecule has 0 saturated carbocycles. The Balaban J connectivity index is 1.33. The van der Waals surface area contributed by atoms with Crippen LogP contribution in [-0.4, -0.2) is 92.3 Å². The smallest absolute Gasteiger partial charge is 0.410 e. The molecular formula is C33H34N4O8. The molecule has 12 nitrogen and oxygen atoms in total. The second-order valence-corrected chi connectivity index (χ2v) is 11.2. The number of cyclic esters (lactones) is 1. The Bertz CT molecular complexity index is 1640. The van der Waals surface area contributed by atoms with Crippen molar-refractivity contribution in [2.45, 2.75) is 25.6 Å². The van der Waals surface area contributed by atoms with E-state index in [0.717, 1.165) is 22.3 Å². The van der Waals surface area contributed by atoms with Crippen molar-refractivity contribution in [3.63, 3.8) is 0 Å². The van der Waals surface area contributed by atoms with Crippen molar-refractivity contribution in [3.8, 4) is 28.4 Å². The summed E-state index contributed by atoms with van der Waals surface area (Å²) in [6.07, 6.45) is -1.14. The highest BCUT2D eigenvalue weighted by Gasteiger charge is 2.39. The molecule has 0 spiro atoms. The van der Waals surface area contributed by atoms with Crippen molar-refractivity contribution in [3.05, 3.63) is 77.4 Å². The number of nitrogens with zero attached hydrogens (tertiary/aromatic N) is 2. The standard InChI is InChI=1S/C33H34N4O8/c1-20-6-8-23-14-25(20)22-4-3-5-24(13-22)44-19-30(38)34-15-21-7-9-27(28(12-21)42-2)45-29-17-37(16-26(29)35-32(23)40)31(39)18-36-10-11-43-33(36)41/h3-9,12-14,26,29H,10-11,15-19H2,1-2H3,(H,34,38)(H,35,40)/t26-,29-/m0/s1. The molecule has 4 aliphatic rings. The second-order valence-electron chi connectivity index (χ2n) is 11.2. The average Bonchev–Trinajstić information content (AvgIpc) is 3.64. The van der Waals surface area contributed by atoms with Crippen LogP contribution in [0.3, 0.4) is 0 Å².